The van der Waals surface area contributed by atoms with Crippen LogP contribution in [0, 0.1) is 0 Å². The standard InChI is InChI=1S/C18H15Cl3N2O2S/c1-2-25-9-8-23-16-13(20)4-3-5-15(16)26-18(23)22-17(24)12-7-6-11(19)10-14(12)21/h3-7,10H,2,8-9H2,1H3. The highest BCUT2D eigenvalue weighted by molar-refractivity contribution is 7.16. The van der Waals surface area contributed by atoms with Crippen LogP contribution in [0.1, 0.15) is 17.3 Å². The molecule has 0 saturated carbocycles. The fourth-order valence-corrected chi connectivity index (χ4v) is 4.39. The van der Waals surface area contributed by atoms with Gasteiger partial charge in [-0.2, -0.15) is 4.99 Å². The van der Waals surface area contributed by atoms with Gasteiger partial charge in [-0.3, -0.25) is 4.79 Å². The second kappa shape index (κ2) is 8.55. The molecule has 0 aliphatic rings. The zero-order valence-corrected chi connectivity index (χ0v) is 16.9. The predicted molar refractivity (Wildman–Crippen MR) is 108 cm³/mol. The third-order valence-corrected chi connectivity index (χ3v) is 5.57. The van der Waals surface area contributed by atoms with Crippen LogP contribution in [0.4, 0.5) is 0 Å². The normalized spacial score (nSPS) is 12.1. The average molecular weight is 430 g/mol. The van der Waals surface area contributed by atoms with Crippen molar-refractivity contribution >= 4 is 62.3 Å². The third kappa shape index (κ3) is 4.13. The van der Waals surface area contributed by atoms with Crippen molar-refractivity contribution in [2.45, 2.75) is 13.5 Å². The maximum atomic E-state index is 12.6. The van der Waals surface area contributed by atoms with E-state index in [-0.39, 0.29) is 5.02 Å². The van der Waals surface area contributed by atoms with Gasteiger partial charge < -0.3 is 9.30 Å². The molecular formula is C18H15Cl3N2O2S. The molecule has 1 amide bonds. The number of hydrogen-bond donors (Lipinski definition) is 0. The molecule has 0 aliphatic carbocycles. The van der Waals surface area contributed by atoms with Crippen LogP contribution in [0.3, 0.4) is 0 Å². The fourth-order valence-electron chi connectivity index (χ4n) is 2.49. The topological polar surface area (TPSA) is 43.6 Å². The highest BCUT2D eigenvalue weighted by Gasteiger charge is 2.13. The number of nitrogens with zero attached hydrogens (tertiary/aromatic N) is 2. The number of hydrogen-bond acceptors (Lipinski definition) is 3. The second-order valence-electron chi connectivity index (χ2n) is 5.36. The van der Waals surface area contributed by atoms with Crippen LogP contribution in [0.15, 0.2) is 41.4 Å². The van der Waals surface area contributed by atoms with E-state index in [4.69, 9.17) is 39.5 Å². The molecule has 0 fully saturated rings. The minimum atomic E-state index is -0.431. The summed E-state index contributed by atoms with van der Waals surface area (Å²) >= 11 is 19.8. The number of amides is 1. The zero-order valence-electron chi connectivity index (χ0n) is 13.8. The molecule has 3 aromatic rings. The summed E-state index contributed by atoms with van der Waals surface area (Å²) in [5.74, 6) is -0.431. The Morgan fingerprint density at radius 2 is 2.00 bits per heavy atom. The SMILES string of the molecule is CCOCCn1c(=NC(=O)c2ccc(Cl)cc2Cl)sc2cccc(Cl)c21. The third-order valence-electron chi connectivity index (χ3n) is 3.67. The largest absolute Gasteiger partial charge is 0.380 e. The Balaban J connectivity index is 2.10. The maximum absolute atomic E-state index is 12.6. The number of carbonyl (C=O) groups is 1. The molecule has 0 saturated heterocycles. The van der Waals surface area contributed by atoms with Gasteiger partial charge in [0, 0.05) is 18.2 Å². The van der Waals surface area contributed by atoms with Gasteiger partial charge in [0.05, 0.1) is 32.4 Å². The smallest absolute Gasteiger partial charge is 0.281 e. The van der Waals surface area contributed by atoms with Crippen molar-refractivity contribution in [1.82, 2.24) is 4.57 Å². The highest BCUT2D eigenvalue weighted by atomic mass is 35.5. The quantitative estimate of drug-likeness (QED) is 0.507. The lowest BCUT2D eigenvalue weighted by Crippen LogP contribution is -2.20. The molecule has 1 heterocycles. The van der Waals surface area contributed by atoms with Crippen molar-refractivity contribution in [3.63, 3.8) is 0 Å². The minimum absolute atomic E-state index is 0.270. The number of benzene rings is 2. The first-order valence-electron chi connectivity index (χ1n) is 7.91. The molecular weight excluding hydrogens is 415 g/mol. The van der Waals surface area contributed by atoms with Crippen molar-refractivity contribution in [2.24, 2.45) is 4.99 Å². The van der Waals surface area contributed by atoms with Crippen LogP contribution in [-0.4, -0.2) is 23.7 Å². The van der Waals surface area contributed by atoms with E-state index in [0.717, 1.165) is 10.2 Å². The first-order valence-corrected chi connectivity index (χ1v) is 9.86. The second-order valence-corrected chi connectivity index (χ2v) is 7.62. The van der Waals surface area contributed by atoms with Crippen molar-refractivity contribution < 1.29 is 9.53 Å². The van der Waals surface area contributed by atoms with Crippen LogP contribution >= 0.6 is 46.1 Å². The van der Waals surface area contributed by atoms with Gasteiger partial charge in [-0.25, -0.2) is 0 Å². The molecule has 0 atom stereocenters. The van der Waals surface area contributed by atoms with E-state index in [1.165, 1.54) is 17.4 Å². The lowest BCUT2D eigenvalue weighted by molar-refractivity contribution is 0.0997. The number of fused-ring (bicyclic) bond motifs is 1. The van der Waals surface area contributed by atoms with Gasteiger partial charge in [-0.05, 0) is 37.3 Å². The van der Waals surface area contributed by atoms with Gasteiger partial charge in [0.2, 0.25) is 0 Å². The summed E-state index contributed by atoms with van der Waals surface area (Å²) in [5, 5.41) is 1.34. The molecule has 0 bridgehead atoms. The van der Waals surface area contributed by atoms with Gasteiger partial charge in [-0.1, -0.05) is 52.2 Å². The maximum Gasteiger partial charge on any atom is 0.281 e. The Labute approximate surface area is 169 Å². The summed E-state index contributed by atoms with van der Waals surface area (Å²) in [6.45, 7) is 3.58. The van der Waals surface area contributed by atoms with E-state index in [9.17, 15) is 4.79 Å². The number of para-hydroxylation sites is 1. The lowest BCUT2D eigenvalue weighted by atomic mass is 10.2. The Bertz CT molecular complexity index is 1030. The summed E-state index contributed by atoms with van der Waals surface area (Å²) in [4.78, 5) is 17.4. The molecule has 3 rings (SSSR count). The van der Waals surface area contributed by atoms with Crippen LogP contribution in [0.5, 0.6) is 0 Å². The molecule has 0 radical (unpaired) electrons. The molecule has 4 nitrogen and oxygen atoms in total. The summed E-state index contributed by atoms with van der Waals surface area (Å²) < 4.78 is 8.30. The van der Waals surface area contributed by atoms with Gasteiger partial charge in [0.25, 0.3) is 5.91 Å². The first kappa shape index (κ1) is 19.4. The molecule has 0 N–H and O–H groups in total. The van der Waals surface area contributed by atoms with E-state index in [1.807, 2.05) is 29.7 Å². The van der Waals surface area contributed by atoms with Gasteiger partial charge in [-0.15, -0.1) is 0 Å². The average Bonchev–Trinajstić information content (AvgIpc) is 2.93. The Kier molecular flexibility index (Phi) is 6.37. The summed E-state index contributed by atoms with van der Waals surface area (Å²) in [6, 6.07) is 10.3. The minimum Gasteiger partial charge on any atom is -0.380 e. The van der Waals surface area contributed by atoms with E-state index in [1.54, 1.807) is 12.1 Å². The number of halogens is 3. The number of carbonyl (C=O) groups excluding carboxylic acids is 1. The van der Waals surface area contributed by atoms with Gasteiger partial charge >= 0.3 is 0 Å². The van der Waals surface area contributed by atoms with Crippen molar-refractivity contribution in [3.05, 3.63) is 61.8 Å². The highest BCUT2D eigenvalue weighted by Crippen LogP contribution is 2.26. The molecule has 26 heavy (non-hydrogen) atoms. The summed E-state index contributed by atoms with van der Waals surface area (Å²) in [7, 11) is 0. The summed E-state index contributed by atoms with van der Waals surface area (Å²) in [5.41, 5.74) is 1.14. The van der Waals surface area contributed by atoms with Crippen LogP contribution in [-0.2, 0) is 11.3 Å². The zero-order chi connectivity index (χ0) is 18.7. The fraction of sp³-hybridized carbons (Fsp3) is 0.222. The van der Waals surface area contributed by atoms with Crippen LogP contribution < -0.4 is 4.80 Å². The molecule has 2 aromatic carbocycles. The Morgan fingerprint density at radius 3 is 2.73 bits per heavy atom. The first-order chi connectivity index (χ1) is 12.5. The Morgan fingerprint density at radius 1 is 1.19 bits per heavy atom. The predicted octanol–water partition coefficient (Wildman–Crippen LogP) is 5.44. The number of thiazole rings is 1. The summed E-state index contributed by atoms with van der Waals surface area (Å²) in [6.07, 6.45) is 0. The van der Waals surface area contributed by atoms with Gasteiger partial charge in [0.1, 0.15) is 0 Å². The molecule has 8 heteroatoms. The van der Waals surface area contributed by atoms with Gasteiger partial charge in [0.15, 0.2) is 4.80 Å². The van der Waals surface area contributed by atoms with Crippen molar-refractivity contribution in [2.75, 3.05) is 13.2 Å². The van der Waals surface area contributed by atoms with Crippen molar-refractivity contribution in [1.29, 1.82) is 0 Å². The molecule has 0 aliphatic heterocycles. The number of ether oxygens (including phenoxy) is 1. The molecule has 136 valence electrons. The van der Waals surface area contributed by atoms with Crippen LogP contribution in [0.25, 0.3) is 10.2 Å². The van der Waals surface area contributed by atoms with E-state index in [0.29, 0.717) is 40.2 Å². The van der Waals surface area contributed by atoms with E-state index in [2.05, 4.69) is 4.99 Å². The number of rotatable bonds is 5. The lowest BCUT2D eigenvalue weighted by Gasteiger charge is -2.06. The monoisotopic (exact) mass is 428 g/mol. The van der Waals surface area contributed by atoms with E-state index >= 15 is 0 Å². The molecule has 0 spiro atoms. The number of aromatic nitrogens is 1. The van der Waals surface area contributed by atoms with E-state index < -0.39 is 5.91 Å². The van der Waals surface area contributed by atoms with Crippen LogP contribution in [0.2, 0.25) is 15.1 Å². The van der Waals surface area contributed by atoms with Crippen molar-refractivity contribution in [3.8, 4) is 0 Å². The Hall–Kier alpha value is -1.37. The molecule has 0 unspecified atom stereocenters. The molecule has 1 aromatic heterocycles.